The van der Waals surface area contributed by atoms with Crippen molar-refractivity contribution in [3.8, 4) is 0 Å². The van der Waals surface area contributed by atoms with E-state index in [2.05, 4.69) is 180 Å². The maximum atomic E-state index is 13.1. The van der Waals surface area contributed by atoms with Gasteiger partial charge in [-0.25, -0.2) is 9.13 Å². The van der Waals surface area contributed by atoms with Gasteiger partial charge in [-0.3, -0.25) is 37.3 Å². The lowest BCUT2D eigenvalue weighted by Crippen LogP contribution is -2.30. The third-order valence-corrected chi connectivity index (χ3v) is 18.7. The first-order chi connectivity index (χ1) is 53.7. The summed E-state index contributed by atoms with van der Waals surface area (Å²) >= 11 is 0. The summed E-state index contributed by atoms with van der Waals surface area (Å²) in [6.07, 6.45) is 98.8. The molecule has 3 N–H and O–H groups in total. The molecule has 0 aromatic heterocycles. The highest BCUT2D eigenvalue weighted by molar-refractivity contribution is 7.47. The Bertz CT molecular complexity index is 2800. The van der Waals surface area contributed by atoms with E-state index in [1.54, 1.807) is 0 Å². The second-order valence-corrected chi connectivity index (χ2v) is 30.2. The molecule has 0 radical (unpaired) electrons. The van der Waals surface area contributed by atoms with Crippen molar-refractivity contribution in [1.82, 2.24) is 0 Å². The normalized spacial score (nSPS) is 14.7. The SMILES string of the molecule is CC/C=C\C/C=C\C/C=C\C/C=C\C/C=C\CCCCCC(=O)O[C@H](COC(=O)CC/C=C\C/C=C\C/C=C\C/C=C\C/C=C\CCCCC)COP(=O)(O)OC[C@@H](O)COP(=O)(O)OC[C@@H](COC(=O)CCCCCCCCC/C=C\CCCCCC)OC(=O)CCC/C=C\C/C=C\C/C=C\C/C=C\CCCCC. The Hall–Kier alpha value is -5.84. The Morgan fingerprint density at radius 2 is 0.500 bits per heavy atom. The molecule has 2 unspecified atom stereocenters. The lowest BCUT2D eigenvalue weighted by molar-refractivity contribution is -0.161. The summed E-state index contributed by atoms with van der Waals surface area (Å²) in [5.74, 6) is -2.39. The second-order valence-electron chi connectivity index (χ2n) is 27.3. The summed E-state index contributed by atoms with van der Waals surface area (Å²) in [6.45, 7) is 4.50. The molecule has 0 aliphatic carbocycles. The van der Waals surface area contributed by atoms with E-state index >= 15 is 0 Å². The number of esters is 4. The number of hydrogen-bond donors (Lipinski definition) is 3. The monoisotopic (exact) mass is 1580 g/mol. The molecule has 0 aliphatic rings. The number of phosphoric acid groups is 2. The van der Waals surface area contributed by atoms with Crippen molar-refractivity contribution in [3.63, 3.8) is 0 Å². The first kappa shape index (κ1) is 104. The fraction of sp³-hybridized carbons (Fsp3) is 0.626. The van der Waals surface area contributed by atoms with Gasteiger partial charge < -0.3 is 33.8 Å². The fourth-order valence-corrected chi connectivity index (χ4v) is 12.0. The summed E-state index contributed by atoms with van der Waals surface area (Å²) in [6, 6.07) is 0. The standard InChI is InChI=1S/C91H148O17P2/c1-5-9-13-17-21-25-29-33-37-40-42-45-48-52-56-60-64-68-72-76-89(94)102-82-87(108-91(96)78-74-70-66-62-58-54-50-46-43-41-38-34-30-26-22-18-14-10-6-2)84-106-110(99,100)104-80-85(92)79-103-109(97,98)105-83-86(81-101-88(93)75-71-67-63-59-55-51-47-36-32-28-24-20-16-12-8-4)107-90(95)77-73-69-65-61-57-53-49-44-39-35-31-27-23-19-15-11-7-3/h10,14,21-23,25-28,32-35,37-39,42-43,45-46,49,52-54,56,58,61,64-65,68,85-87,92H,5-9,11-13,15-20,24,29-31,36,40-41,44,47-48,50-51,55,57,59-60,62-63,66-67,69-84H2,1-4H3,(H,97,98)(H,99,100)/b14-10-,25-21-,26-22-,27-23-,32-28-,37-33-,38-34-,39-35-,45-42-,46-43-,53-49-,56-52-,58-54-,65-61-,68-64-/t85-,86+,87+/m0/s1. The van der Waals surface area contributed by atoms with Crippen LogP contribution in [0.3, 0.4) is 0 Å². The van der Waals surface area contributed by atoms with Gasteiger partial charge in [0, 0.05) is 25.7 Å². The Morgan fingerprint density at radius 1 is 0.264 bits per heavy atom. The Balaban J connectivity index is 5.55. The van der Waals surface area contributed by atoms with Crippen molar-refractivity contribution >= 4 is 39.5 Å². The zero-order chi connectivity index (χ0) is 80.3. The molecule has 5 atom stereocenters. The summed E-state index contributed by atoms with van der Waals surface area (Å²) in [5, 5.41) is 10.7. The highest BCUT2D eigenvalue weighted by Gasteiger charge is 2.30. The number of unbranched alkanes of at least 4 members (excludes halogenated alkanes) is 21. The molecule has 0 amide bonds. The van der Waals surface area contributed by atoms with E-state index in [0.717, 1.165) is 154 Å². The van der Waals surface area contributed by atoms with Crippen LogP contribution in [0.4, 0.5) is 0 Å². The van der Waals surface area contributed by atoms with Gasteiger partial charge in [0.25, 0.3) is 0 Å². The molecule has 0 aliphatic heterocycles. The van der Waals surface area contributed by atoms with E-state index in [9.17, 15) is 43.2 Å². The van der Waals surface area contributed by atoms with E-state index in [1.165, 1.54) is 64.2 Å². The summed E-state index contributed by atoms with van der Waals surface area (Å²) in [4.78, 5) is 73.2. The van der Waals surface area contributed by atoms with Crippen LogP contribution < -0.4 is 0 Å². The highest BCUT2D eigenvalue weighted by atomic mass is 31.2. The minimum Gasteiger partial charge on any atom is -0.462 e. The number of phosphoric ester groups is 2. The predicted octanol–water partition coefficient (Wildman–Crippen LogP) is 25.1. The Labute approximate surface area is 666 Å². The van der Waals surface area contributed by atoms with Crippen LogP contribution >= 0.6 is 15.6 Å². The smallest absolute Gasteiger partial charge is 0.462 e. The van der Waals surface area contributed by atoms with Gasteiger partial charge in [-0.15, -0.1) is 0 Å². The quantitative estimate of drug-likeness (QED) is 0.0169. The van der Waals surface area contributed by atoms with Crippen molar-refractivity contribution in [2.45, 2.75) is 329 Å². The number of carbonyl (C=O) groups excluding carboxylic acids is 4. The van der Waals surface area contributed by atoms with Crippen LogP contribution in [0.5, 0.6) is 0 Å². The molecule has 0 fully saturated rings. The van der Waals surface area contributed by atoms with Crippen LogP contribution in [0, 0.1) is 0 Å². The average Bonchev–Trinajstić information content (AvgIpc) is 0.899. The molecule has 19 heteroatoms. The molecule has 624 valence electrons. The summed E-state index contributed by atoms with van der Waals surface area (Å²) < 4.78 is 68.6. The van der Waals surface area contributed by atoms with E-state index in [-0.39, 0.29) is 25.7 Å². The van der Waals surface area contributed by atoms with Crippen LogP contribution in [0.2, 0.25) is 0 Å². The molecule has 0 saturated heterocycles. The maximum absolute atomic E-state index is 13.1. The van der Waals surface area contributed by atoms with Crippen molar-refractivity contribution < 1.29 is 80.2 Å². The van der Waals surface area contributed by atoms with Crippen molar-refractivity contribution in [2.75, 3.05) is 39.6 Å². The van der Waals surface area contributed by atoms with Crippen LogP contribution in [-0.2, 0) is 65.4 Å². The van der Waals surface area contributed by atoms with Crippen LogP contribution in [0.15, 0.2) is 182 Å². The summed E-state index contributed by atoms with van der Waals surface area (Å²) in [7, 11) is -10.0. The Morgan fingerprint density at radius 3 is 0.855 bits per heavy atom. The first-order valence-corrected chi connectivity index (χ1v) is 45.0. The van der Waals surface area contributed by atoms with Gasteiger partial charge >= 0.3 is 39.5 Å². The minimum atomic E-state index is -5.02. The van der Waals surface area contributed by atoms with Crippen molar-refractivity contribution in [3.05, 3.63) is 182 Å². The zero-order valence-electron chi connectivity index (χ0n) is 68.4. The van der Waals surface area contributed by atoms with E-state index in [0.29, 0.717) is 38.5 Å². The average molecular weight is 1580 g/mol. The highest BCUT2D eigenvalue weighted by Crippen LogP contribution is 2.45. The molecule has 0 rings (SSSR count). The zero-order valence-corrected chi connectivity index (χ0v) is 70.1. The van der Waals surface area contributed by atoms with E-state index in [1.807, 2.05) is 30.4 Å². The molecule has 0 aromatic rings. The van der Waals surface area contributed by atoms with Gasteiger partial charge in [-0.05, 0) is 173 Å². The van der Waals surface area contributed by atoms with Crippen molar-refractivity contribution in [2.24, 2.45) is 0 Å². The van der Waals surface area contributed by atoms with Gasteiger partial charge in [0.15, 0.2) is 12.2 Å². The van der Waals surface area contributed by atoms with E-state index in [4.69, 9.17) is 37.0 Å². The maximum Gasteiger partial charge on any atom is 0.472 e. The first-order valence-electron chi connectivity index (χ1n) is 42.0. The number of hydrogen-bond acceptors (Lipinski definition) is 15. The number of rotatable bonds is 77. The minimum absolute atomic E-state index is 0.0103. The molecule has 0 spiro atoms. The molecule has 110 heavy (non-hydrogen) atoms. The third kappa shape index (κ3) is 80.2. The van der Waals surface area contributed by atoms with Gasteiger partial charge in [0.1, 0.15) is 19.3 Å². The fourth-order valence-electron chi connectivity index (χ4n) is 10.5. The topological polar surface area (TPSA) is 237 Å². The number of ether oxygens (including phenoxy) is 4. The third-order valence-electron chi connectivity index (χ3n) is 16.8. The van der Waals surface area contributed by atoms with Crippen LogP contribution in [0.1, 0.15) is 310 Å². The lowest BCUT2D eigenvalue weighted by atomic mass is 10.1. The summed E-state index contributed by atoms with van der Waals surface area (Å²) in [5.41, 5.74) is 0. The van der Waals surface area contributed by atoms with Gasteiger partial charge in [0.2, 0.25) is 0 Å². The number of carbonyl (C=O) groups is 4. The molecule has 0 aromatic carbocycles. The van der Waals surface area contributed by atoms with Gasteiger partial charge in [-0.1, -0.05) is 293 Å². The molecular formula is C91H148O17P2. The molecular weight excluding hydrogens is 1430 g/mol. The Kier molecular flexibility index (Phi) is 76.9. The van der Waals surface area contributed by atoms with Gasteiger partial charge in [0.05, 0.1) is 26.4 Å². The molecule has 0 bridgehead atoms. The van der Waals surface area contributed by atoms with Crippen LogP contribution in [0.25, 0.3) is 0 Å². The van der Waals surface area contributed by atoms with Crippen molar-refractivity contribution in [1.29, 1.82) is 0 Å². The van der Waals surface area contributed by atoms with Gasteiger partial charge in [-0.2, -0.15) is 0 Å². The van der Waals surface area contributed by atoms with E-state index < -0.39 is 97.5 Å². The molecule has 0 heterocycles. The predicted molar refractivity (Wildman–Crippen MR) is 454 cm³/mol. The lowest BCUT2D eigenvalue weighted by Gasteiger charge is -2.21. The number of allylic oxidation sites excluding steroid dienone is 30. The number of aliphatic hydroxyl groups excluding tert-OH is 1. The van der Waals surface area contributed by atoms with Crippen LogP contribution in [-0.4, -0.2) is 96.7 Å². The molecule has 17 nitrogen and oxygen atoms in total. The second kappa shape index (κ2) is 81.2. The molecule has 0 saturated carbocycles. The largest absolute Gasteiger partial charge is 0.472 e. The number of aliphatic hydroxyl groups is 1.